The van der Waals surface area contributed by atoms with Crippen LogP contribution < -0.4 is 0 Å². The summed E-state index contributed by atoms with van der Waals surface area (Å²) in [6, 6.07) is 8.10. The number of hydrogen-bond donors (Lipinski definition) is 1. The van der Waals surface area contributed by atoms with Crippen LogP contribution in [0.15, 0.2) is 48.1 Å². The SMILES string of the molecule is CC(C)CCc1cccc(C(=NO)n2ccnc2)c1. The van der Waals surface area contributed by atoms with Gasteiger partial charge in [0, 0.05) is 18.0 Å². The summed E-state index contributed by atoms with van der Waals surface area (Å²) in [7, 11) is 0. The van der Waals surface area contributed by atoms with E-state index in [2.05, 4.69) is 36.1 Å². The van der Waals surface area contributed by atoms with E-state index in [0.29, 0.717) is 11.8 Å². The van der Waals surface area contributed by atoms with Crippen molar-refractivity contribution in [1.82, 2.24) is 9.55 Å². The Morgan fingerprint density at radius 3 is 2.89 bits per heavy atom. The van der Waals surface area contributed by atoms with Gasteiger partial charge in [-0.2, -0.15) is 0 Å². The summed E-state index contributed by atoms with van der Waals surface area (Å²) in [6.45, 7) is 4.44. The lowest BCUT2D eigenvalue weighted by Gasteiger charge is -2.09. The standard InChI is InChI=1S/C15H19N3O/c1-12(2)6-7-13-4-3-5-14(10-13)15(17-19)18-9-8-16-11-18/h3-5,8-12,19H,6-7H2,1-2H3. The molecular weight excluding hydrogens is 238 g/mol. The Bertz CT molecular complexity index is 544. The van der Waals surface area contributed by atoms with Crippen molar-refractivity contribution in [2.24, 2.45) is 11.1 Å². The van der Waals surface area contributed by atoms with Gasteiger partial charge in [-0.3, -0.25) is 4.57 Å². The highest BCUT2D eigenvalue weighted by atomic mass is 16.4. The second kappa shape index (κ2) is 6.18. The van der Waals surface area contributed by atoms with E-state index in [-0.39, 0.29) is 0 Å². The summed E-state index contributed by atoms with van der Waals surface area (Å²) >= 11 is 0. The molecule has 0 spiro atoms. The van der Waals surface area contributed by atoms with E-state index in [9.17, 15) is 5.21 Å². The minimum Gasteiger partial charge on any atom is -0.409 e. The number of rotatable bonds is 4. The fourth-order valence-electron chi connectivity index (χ4n) is 1.96. The first kappa shape index (κ1) is 13.3. The fourth-order valence-corrected chi connectivity index (χ4v) is 1.96. The van der Waals surface area contributed by atoms with Crippen molar-refractivity contribution in [2.75, 3.05) is 0 Å². The molecule has 0 aliphatic rings. The van der Waals surface area contributed by atoms with E-state index >= 15 is 0 Å². The second-order valence-electron chi connectivity index (χ2n) is 5.03. The van der Waals surface area contributed by atoms with Gasteiger partial charge in [0.1, 0.15) is 6.33 Å². The number of imidazole rings is 1. The van der Waals surface area contributed by atoms with Crippen LogP contribution in [0.25, 0.3) is 0 Å². The third kappa shape index (κ3) is 3.44. The van der Waals surface area contributed by atoms with Crippen molar-refractivity contribution < 1.29 is 5.21 Å². The molecule has 0 aliphatic heterocycles. The van der Waals surface area contributed by atoms with Gasteiger partial charge in [-0.05, 0) is 30.4 Å². The Balaban J connectivity index is 2.22. The van der Waals surface area contributed by atoms with E-state index < -0.39 is 0 Å². The highest BCUT2D eigenvalue weighted by Gasteiger charge is 2.07. The van der Waals surface area contributed by atoms with Crippen molar-refractivity contribution in [2.45, 2.75) is 26.7 Å². The highest BCUT2D eigenvalue weighted by molar-refractivity contribution is 6.00. The molecule has 4 nitrogen and oxygen atoms in total. The maximum Gasteiger partial charge on any atom is 0.184 e. The maximum atomic E-state index is 9.20. The molecule has 4 heteroatoms. The zero-order valence-corrected chi connectivity index (χ0v) is 11.3. The predicted octanol–water partition coefficient (Wildman–Crippen LogP) is 3.16. The first-order valence-corrected chi connectivity index (χ1v) is 6.50. The van der Waals surface area contributed by atoms with Crippen molar-refractivity contribution in [3.8, 4) is 0 Å². The summed E-state index contributed by atoms with van der Waals surface area (Å²) in [5.74, 6) is 1.17. The largest absolute Gasteiger partial charge is 0.409 e. The summed E-state index contributed by atoms with van der Waals surface area (Å²) < 4.78 is 1.70. The predicted molar refractivity (Wildman–Crippen MR) is 75.5 cm³/mol. The van der Waals surface area contributed by atoms with Gasteiger partial charge in [-0.15, -0.1) is 0 Å². The van der Waals surface area contributed by atoms with Gasteiger partial charge >= 0.3 is 0 Å². The van der Waals surface area contributed by atoms with E-state index in [0.717, 1.165) is 18.4 Å². The summed E-state index contributed by atoms with van der Waals surface area (Å²) in [6.07, 6.45) is 7.23. The normalized spacial score (nSPS) is 12.1. The molecule has 0 saturated carbocycles. The second-order valence-corrected chi connectivity index (χ2v) is 5.03. The molecule has 1 aromatic heterocycles. The number of aromatic nitrogens is 2. The van der Waals surface area contributed by atoms with Crippen LogP contribution in [0.1, 0.15) is 31.4 Å². The summed E-state index contributed by atoms with van der Waals surface area (Å²) in [5, 5.41) is 12.6. The fraction of sp³-hybridized carbons (Fsp3) is 0.333. The Hall–Kier alpha value is -2.10. The van der Waals surface area contributed by atoms with Gasteiger partial charge in [0.15, 0.2) is 5.84 Å². The molecule has 0 unspecified atom stereocenters. The van der Waals surface area contributed by atoms with Crippen molar-refractivity contribution in [3.05, 3.63) is 54.1 Å². The Labute approximate surface area is 113 Å². The lowest BCUT2D eigenvalue weighted by Crippen LogP contribution is -2.12. The lowest BCUT2D eigenvalue weighted by atomic mass is 10.0. The molecule has 2 aromatic rings. The number of nitrogens with zero attached hydrogens (tertiary/aromatic N) is 3. The third-order valence-electron chi connectivity index (χ3n) is 3.04. The van der Waals surface area contributed by atoms with E-state index in [1.165, 1.54) is 5.56 Å². The van der Waals surface area contributed by atoms with Crippen LogP contribution >= 0.6 is 0 Å². The first-order valence-electron chi connectivity index (χ1n) is 6.50. The van der Waals surface area contributed by atoms with Gasteiger partial charge in [0.25, 0.3) is 0 Å². The smallest absolute Gasteiger partial charge is 0.184 e. The highest BCUT2D eigenvalue weighted by Crippen LogP contribution is 2.12. The molecule has 1 N–H and O–H groups in total. The first-order chi connectivity index (χ1) is 9.20. The van der Waals surface area contributed by atoms with Crippen LogP contribution in [0.2, 0.25) is 0 Å². The van der Waals surface area contributed by atoms with Crippen molar-refractivity contribution in [3.63, 3.8) is 0 Å². The number of benzene rings is 1. The van der Waals surface area contributed by atoms with Crippen LogP contribution in [0.4, 0.5) is 0 Å². The molecule has 0 fully saturated rings. The average molecular weight is 257 g/mol. The Kier molecular flexibility index (Phi) is 4.34. The minimum absolute atomic E-state index is 0.490. The summed E-state index contributed by atoms with van der Waals surface area (Å²) in [4.78, 5) is 3.97. The molecule has 100 valence electrons. The molecule has 0 radical (unpaired) electrons. The van der Waals surface area contributed by atoms with Gasteiger partial charge in [0.2, 0.25) is 0 Å². The topological polar surface area (TPSA) is 50.4 Å². The Morgan fingerprint density at radius 2 is 2.26 bits per heavy atom. The molecule has 0 bridgehead atoms. The minimum atomic E-state index is 0.490. The van der Waals surface area contributed by atoms with Crippen LogP contribution in [-0.4, -0.2) is 20.6 Å². The molecular formula is C15H19N3O. The van der Waals surface area contributed by atoms with Gasteiger partial charge in [-0.25, -0.2) is 4.98 Å². The van der Waals surface area contributed by atoms with Crippen LogP contribution in [-0.2, 0) is 6.42 Å². The third-order valence-corrected chi connectivity index (χ3v) is 3.04. The van der Waals surface area contributed by atoms with Crippen LogP contribution in [0, 0.1) is 5.92 Å². The molecule has 0 aliphatic carbocycles. The van der Waals surface area contributed by atoms with E-state index in [1.54, 1.807) is 23.3 Å². The molecule has 0 amide bonds. The van der Waals surface area contributed by atoms with Gasteiger partial charge in [0.05, 0.1) is 0 Å². The maximum absolute atomic E-state index is 9.20. The number of aryl methyl sites for hydroxylation is 1. The van der Waals surface area contributed by atoms with Gasteiger partial charge in [-0.1, -0.05) is 37.2 Å². The molecule has 0 atom stereocenters. The zero-order valence-electron chi connectivity index (χ0n) is 11.3. The molecule has 19 heavy (non-hydrogen) atoms. The monoisotopic (exact) mass is 257 g/mol. The quantitative estimate of drug-likeness (QED) is 0.396. The molecule has 0 saturated heterocycles. The lowest BCUT2D eigenvalue weighted by molar-refractivity contribution is 0.317. The molecule has 1 heterocycles. The molecule has 1 aromatic carbocycles. The zero-order chi connectivity index (χ0) is 13.7. The van der Waals surface area contributed by atoms with Crippen molar-refractivity contribution >= 4 is 5.84 Å². The van der Waals surface area contributed by atoms with Crippen molar-refractivity contribution in [1.29, 1.82) is 0 Å². The Morgan fingerprint density at radius 1 is 1.42 bits per heavy atom. The summed E-state index contributed by atoms with van der Waals surface area (Å²) in [5.41, 5.74) is 2.15. The molecule has 2 rings (SSSR count). The van der Waals surface area contributed by atoms with E-state index in [1.807, 2.05) is 12.1 Å². The number of oxime groups is 1. The van der Waals surface area contributed by atoms with E-state index in [4.69, 9.17) is 0 Å². The van der Waals surface area contributed by atoms with Gasteiger partial charge < -0.3 is 5.21 Å². The average Bonchev–Trinajstić information content (AvgIpc) is 2.92. The number of hydrogen-bond acceptors (Lipinski definition) is 3. The van der Waals surface area contributed by atoms with Crippen LogP contribution in [0.5, 0.6) is 0 Å². The van der Waals surface area contributed by atoms with Crippen LogP contribution in [0.3, 0.4) is 0 Å².